The van der Waals surface area contributed by atoms with E-state index >= 15 is 0 Å². The summed E-state index contributed by atoms with van der Waals surface area (Å²) >= 11 is 8.41. The number of ether oxygens (including phenoxy) is 1. The lowest BCUT2D eigenvalue weighted by atomic mass is 10.2. The van der Waals surface area contributed by atoms with Crippen LogP contribution < -0.4 is 0 Å². The van der Waals surface area contributed by atoms with E-state index in [0.29, 0.717) is 13.0 Å². The van der Waals surface area contributed by atoms with E-state index in [1.54, 1.807) is 0 Å². The van der Waals surface area contributed by atoms with E-state index in [9.17, 15) is 4.79 Å². The van der Waals surface area contributed by atoms with Crippen molar-refractivity contribution in [2.24, 2.45) is 0 Å². The zero-order chi connectivity index (χ0) is 11.0. The van der Waals surface area contributed by atoms with Gasteiger partial charge >= 0.3 is 5.97 Å². The van der Waals surface area contributed by atoms with Crippen molar-refractivity contribution >= 4 is 31.2 Å². The lowest BCUT2D eigenvalue weighted by Gasteiger charge is -2.20. The minimum absolute atomic E-state index is 0.314. The van der Waals surface area contributed by atoms with Crippen molar-refractivity contribution in [1.82, 2.24) is 0 Å². The van der Waals surface area contributed by atoms with Crippen LogP contribution in [0.3, 0.4) is 0 Å². The molecule has 0 radical (unpaired) electrons. The molecule has 2 nitrogen and oxygen atoms in total. The summed E-state index contributed by atoms with van der Waals surface area (Å²) in [6.45, 7) is 4.60. The second-order valence-corrected chi connectivity index (χ2v) is 5.29. The van der Waals surface area contributed by atoms with Crippen molar-refractivity contribution in [2.75, 3.05) is 6.61 Å². The van der Waals surface area contributed by atoms with Gasteiger partial charge in [-0.2, -0.15) is 25.3 Å². The van der Waals surface area contributed by atoms with Gasteiger partial charge in [-0.15, -0.1) is 0 Å². The van der Waals surface area contributed by atoms with E-state index in [2.05, 4.69) is 39.1 Å². The number of hydrogen-bond donors (Lipinski definition) is 2. The number of carbonyl (C=O) groups is 1. The Morgan fingerprint density at radius 1 is 1.21 bits per heavy atom. The van der Waals surface area contributed by atoms with Crippen LogP contribution in [0.25, 0.3) is 0 Å². The average molecular weight is 236 g/mol. The lowest BCUT2D eigenvalue weighted by molar-refractivity contribution is -0.144. The van der Waals surface area contributed by atoms with E-state index in [1.807, 2.05) is 0 Å². The smallest absolute Gasteiger partial charge is 0.332 e. The monoisotopic (exact) mass is 236 g/mol. The summed E-state index contributed by atoms with van der Waals surface area (Å²) in [5.41, 5.74) is 0. The van der Waals surface area contributed by atoms with E-state index in [-0.39, 0.29) is 5.97 Å². The zero-order valence-corrected chi connectivity index (χ0v) is 10.7. The molecule has 0 aliphatic heterocycles. The number of unbranched alkanes of at least 4 members (excludes halogenated alkanes) is 2. The minimum Gasteiger partial charge on any atom is -0.464 e. The second-order valence-electron chi connectivity index (χ2n) is 3.41. The molecule has 0 saturated heterocycles. The SMILES string of the molecule is CCCCOC(=O)C(S)(S)CCCC. The van der Waals surface area contributed by atoms with E-state index in [0.717, 1.165) is 25.7 Å². The van der Waals surface area contributed by atoms with Crippen molar-refractivity contribution in [3.05, 3.63) is 0 Å². The normalized spacial score (nSPS) is 11.4. The van der Waals surface area contributed by atoms with Gasteiger partial charge in [0.2, 0.25) is 0 Å². The Morgan fingerprint density at radius 2 is 1.79 bits per heavy atom. The Hall–Kier alpha value is 0.170. The van der Waals surface area contributed by atoms with Gasteiger partial charge in [0.1, 0.15) is 0 Å². The first-order valence-corrected chi connectivity index (χ1v) is 6.06. The van der Waals surface area contributed by atoms with Crippen LogP contribution in [-0.4, -0.2) is 16.7 Å². The average Bonchev–Trinajstić information content (AvgIpc) is 2.15. The number of thiol groups is 2. The Balaban J connectivity index is 3.82. The fourth-order valence-corrected chi connectivity index (χ4v) is 1.40. The maximum absolute atomic E-state index is 11.5. The van der Waals surface area contributed by atoms with Crippen molar-refractivity contribution in [3.8, 4) is 0 Å². The minimum atomic E-state index is -0.913. The predicted molar refractivity (Wildman–Crippen MR) is 66.1 cm³/mol. The van der Waals surface area contributed by atoms with Gasteiger partial charge < -0.3 is 4.74 Å². The third-order valence-corrected chi connectivity index (χ3v) is 2.75. The number of esters is 1. The Bertz CT molecular complexity index is 170. The van der Waals surface area contributed by atoms with Crippen LogP contribution in [0.1, 0.15) is 46.0 Å². The van der Waals surface area contributed by atoms with Crippen LogP contribution in [0.4, 0.5) is 0 Å². The van der Waals surface area contributed by atoms with Crippen molar-refractivity contribution in [1.29, 1.82) is 0 Å². The molecule has 0 rings (SSSR count). The van der Waals surface area contributed by atoms with Crippen LogP contribution >= 0.6 is 25.3 Å². The molecule has 0 heterocycles. The van der Waals surface area contributed by atoms with Gasteiger partial charge in [0.05, 0.1) is 6.61 Å². The van der Waals surface area contributed by atoms with Gasteiger partial charge in [0, 0.05) is 0 Å². The molecule has 0 atom stereocenters. The molecule has 0 aliphatic carbocycles. The Kier molecular flexibility index (Phi) is 7.55. The fraction of sp³-hybridized carbons (Fsp3) is 0.900. The third kappa shape index (κ3) is 5.81. The molecule has 0 aromatic carbocycles. The molecule has 14 heavy (non-hydrogen) atoms. The maximum Gasteiger partial charge on any atom is 0.332 e. The highest BCUT2D eigenvalue weighted by Gasteiger charge is 2.30. The summed E-state index contributed by atoms with van der Waals surface area (Å²) in [4.78, 5) is 11.5. The molecule has 0 amide bonds. The van der Waals surface area contributed by atoms with Gasteiger partial charge in [-0.3, -0.25) is 0 Å². The van der Waals surface area contributed by atoms with Crippen LogP contribution in [0, 0.1) is 0 Å². The largest absolute Gasteiger partial charge is 0.464 e. The predicted octanol–water partition coefficient (Wildman–Crippen LogP) is 3.08. The Labute approximate surface area is 97.6 Å². The lowest BCUT2D eigenvalue weighted by Crippen LogP contribution is -2.28. The van der Waals surface area contributed by atoms with Gasteiger partial charge in [-0.25, -0.2) is 4.79 Å². The summed E-state index contributed by atoms with van der Waals surface area (Å²) in [5.74, 6) is -0.314. The van der Waals surface area contributed by atoms with Crippen LogP contribution in [0.15, 0.2) is 0 Å². The van der Waals surface area contributed by atoms with E-state index in [4.69, 9.17) is 4.74 Å². The zero-order valence-electron chi connectivity index (χ0n) is 8.95. The summed E-state index contributed by atoms with van der Waals surface area (Å²) in [7, 11) is 0. The van der Waals surface area contributed by atoms with Crippen molar-refractivity contribution in [3.63, 3.8) is 0 Å². The summed E-state index contributed by atoms with van der Waals surface area (Å²) < 4.78 is 4.14. The molecule has 0 aromatic rings. The third-order valence-electron chi connectivity index (χ3n) is 1.94. The highest BCUT2D eigenvalue weighted by atomic mass is 32.2. The molecule has 0 spiro atoms. The second kappa shape index (κ2) is 7.46. The highest BCUT2D eigenvalue weighted by Crippen LogP contribution is 2.28. The van der Waals surface area contributed by atoms with Gasteiger partial charge in [0.15, 0.2) is 4.08 Å². The summed E-state index contributed by atoms with van der Waals surface area (Å²) in [6, 6.07) is 0. The molecule has 0 saturated carbocycles. The van der Waals surface area contributed by atoms with Crippen LogP contribution in [0.2, 0.25) is 0 Å². The van der Waals surface area contributed by atoms with Gasteiger partial charge in [-0.1, -0.05) is 33.1 Å². The number of hydrogen-bond acceptors (Lipinski definition) is 4. The molecule has 0 bridgehead atoms. The molecule has 0 aliphatic rings. The first-order valence-electron chi connectivity index (χ1n) is 5.16. The molecular weight excluding hydrogens is 216 g/mol. The molecule has 0 N–H and O–H groups in total. The first-order chi connectivity index (χ1) is 6.54. The molecule has 84 valence electrons. The molecule has 0 aromatic heterocycles. The molecule has 4 heteroatoms. The number of rotatable bonds is 7. The quantitative estimate of drug-likeness (QED) is 0.307. The first kappa shape index (κ1) is 14.2. The summed E-state index contributed by atoms with van der Waals surface area (Å²) in [6.07, 6.45) is 4.55. The molecule has 0 fully saturated rings. The van der Waals surface area contributed by atoms with E-state index in [1.165, 1.54) is 0 Å². The van der Waals surface area contributed by atoms with Crippen LogP contribution in [0.5, 0.6) is 0 Å². The van der Waals surface area contributed by atoms with Crippen molar-refractivity contribution in [2.45, 2.75) is 50.0 Å². The maximum atomic E-state index is 11.5. The highest BCUT2D eigenvalue weighted by molar-refractivity contribution is 8.01. The number of carbonyl (C=O) groups excluding carboxylic acids is 1. The van der Waals surface area contributed by atoms with E-state index < -0.39 is 4.08 Å². The van der Waals surface area contributed by atoms with Gasteiger partial charge in [0.25, 0.3) is 0 Å². The fourth-order valence-electron chi connectivity index (χ4n) is 0.950. The molecular formula is C10H20O2S2. The molecule has 0 unspecified atom stereocenters. The Morgan fingerprint density at radius 3 is 2.29 bits per heavy atom. The van der Waals surface area contributed by atoms with Crippen LogP contribution in [-0.2, 0) is 9.53 Å². The van der Waals surface area contributed by atoms with Gasteiger partial charge in [-0.05, 0) is 12.8 Å². The topological polar surface area (TPSA) is 26.3 Å². The summed E-state index contributed by atoms with van der Waals surface area (Å²) in [5, 5.41) is 0. The standard InChI is InChI=1S/C10H20O2S2/c1-3-5-7-10(13,14)9(11)12-8-6-4-2/h13-14H,3-8H2,1-2H3. The van der Waals surface area contributed by atoms with Crippen molar-refractivity contribution < 1.29 is 9.53 Å².